The van der Waals surface area contributed by atoms with Crippen LogP contribution in [-0.2, 0) is 6.42 Å². The number of phenolic OH excluding ortho intramolecular Hbond substituents is 1. The monoisotopic (exact) mass is 215 g/mol. The van der Waals surface area contributed by atoms with Gasteiger partial charge in [0.1, 0.15) is 5.75 Å². The molecule has 14 heavy (non-hydrogen) atoms. The Labute approximate surface area is 91.5 Å². The molecule has 0 aliphatic rings. The lowest BCUT2D eigenvalue weighted by atomic mass is 10.0. The van der Waals surface area contributed by atoms with Crippen LogP contribution in [0.15, 0.2) is 12.1 Å². The highest BCUT2D eigenvalue weighted by Crippen LogP contribution is 2.23. The van der Waals surface area contributed by atoms with Crippen molar-refractivity contribution < 1.29 is 5.11 Å². The number of hydrogen-bond acceptors (Lipinski definition) is 2. The second-order valence-corrected chi connectivity index (χ2v) is 3.76. The molecule has 0 saturated carbocycles. The van der Waals surface area contributed by atoms with Crippen LogP contribution in [0.4, 0.5) is 0 Å². The van der Waals surface area contributed by atoms with Gasteiger partial charge in [0.25, 0.3) is 0 Å². The van der Waals surface area contributed by atoms with Crippen LogP contribution in [0.2, 0.25) is 0 Å². The maximum absolute atomic E-state index is 9.53. The van der Waals surface area contributed by atoms with Gasteiger partial charge in [0, 0.05) is 6.04 Å². The molecule has 0 heterocycles. The van der Waals surface area contributed by atoms with Crippen LogP contribution in [-0.4, -0.2) is 11.1 Å². The zero-order valence-electron chi connectivity index (χ0n) is 8.87. The third-order valence-corrected chi connectivity index (χ3v) is 2.11. The Bertz CT molecular complexity index is 287. The molecule has 0 bridgehead atoms. The van der Waals surface area contributed by atoms with Crippen LogP contribution in [0, 0.1) is 13.8 Å². The van der Waals surface area contributed by atoms with Crippen LogP contribution in [0.5, 0.6) is 5.75 Å². The summed E-state index contributed by atoms with van der Waals surface area (Å²) in [7, 11) is 0. The predicted octanol–water partition coefficient (Wildman–Crippen LogP) is 2.32. The third-order valence-electron chi connectivity index (χ3n) is 2.11. The Kier molecular flexibility index (Phi) is 4.95. The molecular formula is C11H18ClNO. The summed E-state index contributed by atoms with van der Waals surface area (Å²) in [6.45, 7) is 5.80. The average molecular weight is 216 g/mol. The number of rotatable bonds is 2. The summed E-state index contributed by atoms with van der Waals surface area (Å²) >= 11 is 0. The molecule has 1 aromatic carbocycles. The van der Waals surface area contributed by atoms with Crippen molar-refractivity contribution in [2.45, 2.75) is 33.2 Å². The van der Waals surface area contributed by atoms with Gasteiger partial charge in [-0.3, -0.25) is 0 Å². The molecule has 0 fully saturated rings. The van der Waals surface area contributed by atoms with Crippen molar-refractivity contribution in [1.82, 2.24) is 0 Å². The summed E-state index contributed by atoms with van der Waals surface area (Å²) in [4.78, 5) is 0. The van der Waals surface area contributed by atoms with E-state index < -0.39 is 0 Å². The second-order valence-electron chi connectivity index (χ2n) is 3.76. The minimum Gasteiger partial charge on any atom is -0.507 e. The molecule has 1 rings (SSSR count). The van der Waals surface area contributed by atoms with Gasteiger partial charge >= 0.3 is 0 Å². The van der Waals surface area contributed by atoms with Gasteiger partial charge in [-0.15, -0.1) is 12.4 Å². The lowest BCUT2D eigenvalue weighted by Gasteiger charge is -2.09. The molecule has 2 nitrogen and oxygen atoms in total. The molecule has 0 aromatic heterocycles. The fraction of sp³-hybridized carbons (Fsp3) is 0.455. The summed E-state index contributed by atoms with van der Waals surface area (Å²) < 4.78 is 0. The van der Waals surface area contributed by atoms with E-state index in [2.05, 4.69) is 0 Å². The van der Waals surface area contributed by atoms with Crippen molar-refractivity contribution in [3.8, 4) is 5.75 Å². The van der Waals surface area contributed by atoms with E-state index in [1.54, 1.807) is 0 Å². The highest BCUT2D eigenvalue weighted by Gasteiger charge is 2.04. The topological polar surface area (TPSA) is 46.2 Å². The minimum atomic E-state index is 0. The maximum atomic E-state index is 9.53. The zero-order chi connectivity index (χ0) is 10.0. The Hall–Kier alpha value is -0.730. The summed E-state index contributed by atoms with van der Waals surface area (Å²) in [5.74, 6) is 0.397. The molecular weight excluding hydrogens is 198 g/mol. The SMILES string of the molecule is Cc1cc(CC(C)N)cc(C)c1O.Cl. The first-order valence-corrected chi connectivity index (χ1v) is 4.55. The van der Waals surface area contributed by atoms with Gasteiger partial charge in [-0.05, 0) is 43.9 Å². The molecule has 0 spiro atoms. The molecule has 0 aliphatic heterocycles. The Balaban J connectivity index is 0.00000169. The molecule has 3 N–H and O–H groups in total. The van der Waals surface area contributed by atoms with Crippen LogP contribution in [0.3, 0.4) is 0 Å². The van der Waals surface area contributed by atoms with Gasteiger partial charge < -0.3 is 10.8 Å². The van der Waals surface area contributed by atoms with E-state index in [0.717, 1.165) is 17.5 Å². The van der Waals surface area contributed by atoms with E-state index in [1.807, 2.05) is 32.9 Å². The van der Waals surface area contributed by atoms with E-state index in [4.69, 9.17) is 5.73 Å². The van der Waals surface area contributed by atoms with Gasteiger partial charge in [-0.25, -0.2) is 0 Å². The Morgan fingerprint density at radius 1 is 1.29 bits per heavy atom. The second kappa shape index (κ2) is 5.23. The van der Waals surface area contributed by atoms with Gasteiger partial charge in [0.15, 0.2) is 0 Å². The minimum absolute atomic E-state index is 0. The predicted molar refractivity (Wildman–Crippen MR) is 62.2 cm³/mol. The first-order valence-electron chi connectivity index (χ1n) is 4.55. The van der Waals surface area contributed by atoms with Crippen LogP contribution >= 0.6 is 12.4 Å². The van der Waals surface area contributed by atoms with Crippen molar-refractivity contribution in [3.05, 3.63) is 28.8 Å². The average Bonchev–Trinajstić information content (AvgIpc) is 1.98. The standard InChI is InChI=1S/C11H17NO.ClH/c1-7-4-10(6-9(3)12)5-8(2)11(7)13;/h4-5,9,13H,6,12H2,1-3H3;1H. The van der Waals surface area contributed by atoms with Gasteiger partial charge in [-0.1, -0.05) is 12.1 Å². The number of benzene rings is 1. The Morgan fingerprint density at radius 3 is 2.07 bits per heavy atom. The van der Waals surface area contributed by atoms with Crippen LogP contribution < -0.4 is 5.73 Å². The third kappa shape index (κ3) is 3.20. The van der Waals surface area contributed by atoms with E-state index in [9.17, 15) is 5.11 Å². The van der Waals surface area contributed by atoms with Crippen molar-refractivity contribution in [1.29, 1.82) is 0 Å². The Morgan fingerprint density at radius 2 is 1.71 bits per heavy atom. The molecule has 0 aliphatic carbocycles. The molecule has 0 radical (unpaired) electrons. The van der Waals surface area contributed by atoms with Crippen LogP contribution in [0.25, 0.3) is 0 Å². The smallest absolute Gasteiger partial charge is 0.121 e. The van der Waals surface area contributed by atoms with Crippen molar-refractivity contribution in [3.63, 3.8) is 0 Å². The van der Waals surface area contributed by atoms with E-state index in [0.29, 0.717) is 5.75 Å². The first kappa shape index (κ1) is 13.3. The number of halogens is 1. The number of nitrogens with two attached hydrogens (primary N) is 1. The van der Waals surface area contributed by atoms with Gasteiger partial charge in [-0.2, -0.15) is 0 Å². The molecule has 0 amide bonds. The number of phenols is 1. The van der Waals surface area contributed by atoms with E-state index in [-0.39, 0.29) is 18.4 Å². The molecule has 1 atom stereocenters. The number of hydrogen-bond donors (Lipinski definition) is 2. The van der Waals surface area contributed by atoms with Crippen LogP contribution in [0.1, 0.15) is 23.6 Å². The van der Waals surface area contributed by atoms with Crippen molar-refractivity contribution in [2.24, 2.45) is 5.73 Å². The van der Waals surface area contributed by atoms with Gasteiger partial charge in [0.05, 0.1) is 0 Å². The first-order chi connectivity index (χ1) is 6.00. The molecule has 3 heteroatoms. The lowest BCUT2D eigenvalue weighted by Crippen LogP contribution is -2.17. The highest BCUT2D eigenvalue weighted by molar-refractivity contribution is 5.85. The van der Waals surface area contributed by atoms with E-state index >= 15 is 0 Å². The summed E-state index contributed by atoms with van der Waals surface area (Å²) in [5.41, 5.74) is 8.75. The molecule has 1 aromatic rings. The fourth-order valence-electron chi connectivity index (χ4n) is 1.54. The van der Waals surface area contributed by atoms with Crippen molar-refractivity contribution >= 4 is 12.4 Å². The molecule has 80 valence electrons. The quantitative estimate of drug-likeness (QED) is 0.796. The zero-order valence-corrected chi connectivity index (χ0v) is 9.69. The summed E-state index contributed by atoms with van der Waals surface area (Å²) in [5, 5.41) is 9.53. The maximum Gasteiger partial charge on any atom is 0.121 e. The molecule has 1 unspecified atom stereocenters. The largest absolute Gasteiger partial charge is 0.507 e. The summed E-state index contributed by atoms with van der Waals surface area (Å²) in [6.07, 6.45) is 0.863. The summed E-state index contributed by atoms with van der Waals surface area (Å²) in [6, 6.07) is 4.15. The van der Waals surface area contributed by atoms with E-state index in [1.165, 1.54) is 5.56 Å². The lowest BCUT2D eigenvalue weighted by molar-refractivity contribution is 0.466. The number of aromatic hydroxyl groups is 1. The van der Waals surface area contributed by atoms with Crippen molar-refractivity contribution in [2.75, 3.05) is 0 Å². The van der Waals surface area contributed by atoms with Gasteiger partial charge in [0.2, 0.25) is 0 Å². The normalized spacial score (nSPS) is 12.0. The fourth-order valence-corrected chi connectivity index (χ4v) is 1.54. The number of aryl methyl sites for hydroxylation is 2. The highest BCUT2D eigenvalue weighted by atomic mass is 35.5. The molecule has 0 saturated heterocycles.